The second kappa shape index (κ2) is 4.74. The predicted molar refractivity (Wildman–Crippen MR) is 50.2 cm³/mol. The van der Waals surface area contributed by atoms with Crippen molar-refractivity contribution in [3.8, 4) is 0 Å². The van der Waals surface area contributed by atoms with E-state index >= 15 is 0 Å². The van der Waals surface area contributed by atoms with Gasteiger partial charge in [0.05, 0.1) is 12.1 Å². The third-order valence-corrected chi connectivity index (χ3v) is 1.89. The van der Waals surface area contributed by atoms with E-state index in [1.165, 1.54) is 0 Å². The summed E-state index contributed by atoms with van der Waals surface area (Å²) in [5, 5.41) is 9.41. The molecule has 1 unspecified atom stereocenters. The van der Waals surface area contributed by atoms with E-state index in [1.54, 1.807) is 0 Å². The predicted octanol–water partition coefficient (Wildman–Crippen LogP) is 0.116. The van der Waals surface area contributed by atoms with E-state index in [1.807, 2.05) is 30.3 Å². The number of aliphatic hydroxyl groups is 1. The topological polar surface area (TPSA) is 63.3 Å². The van der Waals surface area contributed by atoms with Crippen LogP contribution in [0.4, 0.5) is 0 Å². The Balaban J connectivity index is 2.54. The van der Waals surface area contributed by atoms with Gasteiger partial charge in [-0.2, -0.15) is 0 Å². The average molecular weight is 179 g/mol. The summed E-state index contributed by atoms with van der Waals surface area (Å²) in [6.07, 6.45) is 0.189. The first-order chi connectivity index (χ1) is 6.24. The standard InChI is InChI=1S/C10H13NO2/c11-9(7-12)10(13)6-8-4-2-1-3-5-8/h1-5,7,9-10,13H,6,11H2/t9-,10?/m0/s1. The quantitative estimate of drug-likeness (QED) is 0.645. The average Bonchev–Trinajstić information content (AvgIpc) is 2.18. The molecule has 3 heteroatoms. The highest BCUT2D eigenvalue weighted by Gasteiger charge is 2.13. The fourth-order valence-electron chi connectivity index (χ4n) is 1.08. The summed E-state index contributed by atoms with van der Waals surface area (Å²) in [7, 11) is 0. The molecule has 1 aromatic carbocycles. The molecule has 3 N–H and O–H groups in total. The lowest BCUT2D eigenvalue weighted by Gasteiger charge is -2.12. The molecular formula is C10H13NO2. The van der Waals surface area contributed by atoms with Gasteiger partial charge in [0, 0.05) is 6.42 Å². The maximum absolute atomic E-state index is 10.3. The van der Waals surface area contributed by atoms with Crippen molar-refractivity contribution in [3.63, 3.8) is 0 Å². The van der Waals surface area contributed by atoms with Crippen LogP contribution in [0.3, 0.4) is 0 Å². The molecule has 0 radical (unpaired) electrons. The molecule has 0 spiro atoms. The van der Waals surface area contributed by atoms with Crippen LogP contribution < -0.4 is 5.73 Å². The first kappa shape index (κ1) is 9.89. The molecule has 0 amide bonds. The number of carbonyl (C=O) groups excluding carboxylic acids is 1. The third kappa shape index (κ3) is 2.97. The lowest BCUT2D eigenvalue weighted by molar-refractivity contribution is -0.110. The summed E-state index contributed by atoms with van der Waals surface area (Å²) in [5.74, 6) is 0. The summed E-state index contributed by atoms with van der Waals surface area (Å²) in [6, 6.07) is 8.65. The summed E-state index contributed by atoms with van der Waals surface area (Å²) in [5.41, 5.74) is 6.33. The third-order valence-electron chi connectivity index (χ3n) is 1.89. The van der Waals surface area contributed by atoms with Gasteiger partial charge >= 0.3 is 0 Å². The van der Waals surface area contributed by atoms with E-state index in [4.69, 9.17) is 5.73 Å². The Bertz CT molecular complexity index is 261. The van der Waals surface area contributed by atoms with Crippen LogP contribution in [0.2, 0.25) is 0 Å². The zero-order chi connectivity index (χ0) is 9.68. The van der Waals surface area contributed by atoms with Gasteiger partial charge in [-0.05, 0) is 5.56 Å². The van der Waals surface area contributed by atoms with Crippen LogP contribution in [-0.2, 0) is 11.2 Å². The van der Waals surface area contributed by atoms with Gasteiger partial charge in [0.1, 0.15) is 6.29 Å². The highest BCUT2D eigenvalue weighted by atomic mass is 16.3. The molecule has 0 saturated heterocycles. The van der Waals surface area contributed by atoms with Crippen molar-refractivity contribution in [2.75, 3.05) is 0 Å². The van der Waals surface area contributed by atoms with Crippen LogP contribution >= 0.6 is 0 Å². The smallest absolute Gasteiger partial charge is 0.139 e. The number of carbonyl (C=O) groups is 1. The van der Waals surface area contributed by atoms with Crippen LogP contribution in [0.5, 0.6) is 0 Å². The van der Waals surface area contributed by atoms with Gasteiger partial charge in [-0.1, -0.05) is 30.3 Å². The largest absolute Gasteiger partial charge is 0.391 e. The van der Waals surface area contributed by atoms with Gasteiger partial charge in [-0.15, -0.1) is 0 Å². The Hall–Kier alpha value is -1.19. The number of hydrogen-bond acceptors (Lipinski definition) is 3. The first-order valence-corrected chi connectivity index (χ1v) is 4.17. The summed E-state index contributed by atoms with van der Waals surface area (Å²) in [4.78, 5) is 10.3. The lowest BCUT2D eigenvalue weighted by atomic mass is 10.0. The molecule has 0 saturated carbocycles. The van der Waals surface area contributed by atoms with E-state index in [-0.39, 0.29) is 0 Å². The van der Waals surface area contributed by atoms with Gasteiger partial charge in [0.2, 0.25) is 0 Å². The normalized spacial score (nSPS) is 14.9. The molecule has 2 atom stereocenters. The van der Waals surface area contributed by atoms with Crippen molar-refractivity contribution in [1.82, 2.24) is 0 Å². The zero-order valence-corrected chi connectivity index (χ0v) is 7.26. The second-order valence-corrected chi connectivity index (χ2v) is 2.97. The van der Waals surface area contributed by atoms with Crippen LogP contribution in [0.25, 0.3) is 0 Å². The van der Waals surface area contributed by atoms with Gasteiger partial charge in [0.15, 0.2) is 0 Å². The SMILES string of the molecule is N[C@@H](C=O)C(O)Cc1ccccc1. The minimum atomic E-state index is -0.792. The molecule has 0 aliphatic carbocycles. The molecule has 1 rings (SSSR count). The van der Waals surface area contributed by atoms with Gasteiger partial charge in [0.25, 0.3) is 0 Å². The monoisotopic (exact) mass is 179 g/mol. The highest BCUT2D eigenvalue weighted by Crippen LogP contribution is 2.03. The zero-order valence-electron chi connectivity index (χ0n) is 7.26. The molecular weight excluding hydrogens is 166 g/mol. The highest BCUT2D eigenvalue weighted by molar-refractivity contribution is 5.58. The minimum absolute atomic E-state index is 0.417. The van der Waals surface area contributed by atoms with Crippen LogP contribution in [0.1, 0.15) is 5.56 Å². The van der Waals surface area contributed by atoms with Crippen LogP contribution in [-0.4, -0.2) is 23.5 Å². The fraction of sp³-hybridized carbons (Fsp3) is 0.300. The van der Waals surface area contributed by atoms with E-state index in [9.17, 15) is 9.90 Å². The maximum atomic E-state index is 10.3. The Morgan fingerprint density at radius 2 is 2.00 bits per heavy atom. The number of nitrogens with two attached hydrogens (primary N) is 1. The van der Waals surface area contributed by atoms with Crippen LogP contribution in [0.15, 0.2) is 30.3 Å². The van der Waals surface area contributed by atoms with Crippen molar-refractivity contribution in [1.29, 1.82) is 0 Å². The number of benzene rings is 1. The number of hydrogen-bond donors (Lipinski definition) is 2. The summed E-state index contributed by atoms with van der Waals surface area (Å²) >= 11 is 0. The molecule has 70 valence electrons. The molecule has 0 aromatic heterocycles. The Morgan fingerprint density at radius 3 is 2.54 bits per heavy atom. The molecule has 0 bridgehead atoms. The summed E-state index contributed by atoms with van der Waals surface area (Å²) in [6.45, 7) is 0. The van der Waals surface area contributed by atoms with Gasteiger partial charge < -0.3 is 15.6 Å². The van der Waals surface area contributed by atoms with E-state index in [0.717, 1.165) is 5.56 Å². The number of rotatable bonds is 4. The first-order valence-electron chi connectivity index (χ1n) is 4.17. The minimum Gasteiger partial charge on any atom is -0.391 e. The fourth-order valence-corrected chi connectivity index (χ4v) is 1.08. The maximum Gasteiger partial charge on any atom is 0.139 e. The van der Waals surface area contributed by atoms with Crippen molar-refractivity contribution < 1.29 is 9.90 Å². The number of aldehydes is 1. The van der Waals surface area contributed by atoms with Crippen LogP contribution in [0, 0.1) is 0 Å². The Morgan fingerprint density at radius 1 is 1.38 bits per heavy atom. The molecule has 13 heavy (non-hydrogen) atoms. The summed E-state index contributed by atoms with van der Waals surface area (Å²) < 4.78 is 0. The van der Waals surface area contributed by atoms with E-state index in [2.05, 4.69) is 0 Å². The molecule has 0 fully saturated rings. The molecule has 0 aliphatic heterocycles. The second-order valence-electron chi connectivity index (χ2n) is 2.97. The van der Waals surface area contributed by atoms with E-state index in [0.29, 0.717) is 12.7 Å². The van der Waals surface area contributed by atoms with Gasteiger partial charge in [-0.3, -0.25) is 0 Å². The van der Waals surface area contributed by atoms with Crippen molar-refractivity contribution >= 4 is 6.29 Å². The Labute approximate surface area is 77.2 Å². The van der Waals surface area contributed by atoms with Crippen molar-refractivity contribution in [2.24, 2.45) is 5.73 Å². The molecule has 1 aromatic rings. The van der Waals surface area contributed by atoms with Crippen molar-refractivity contribution in [3.05, 3.63) is 35.9 Å². The lowest BCUT2D eigenvalue weighted by Crippen LogP contribution is -2.37. The Kier molecular flexibility index (Phi) is 3.61. The molecule has 3 nitrogen and oxygen atoms in total. The van der Waals surface area contributed by atoms with Gasteiger partial charge in [-0.25, -0.2) is 0 Å². The van der Waals surface area contributed by atoms with E-state index < -0.39 is 12.1 Å². The van der Waals surface area contributed by atoms with Crippen molar-refractivity contribution in [2.45, 2.75) is 18.6 Å². The number of aliphatic hydroxyl groups excluding tert-OH is 1. The molecule has 0 heterocycles. The molecule has 0 aliphatic rings.